The number of amides is 1. The van der Waals surface area contributed by atoms with Gasteiger partial charge in [-0.25, -0.2) is 9.18 Å². The van der Waals surface area contributed by atoms with Crippen molar-refractivity contribution in [3.8, 4) is 11.8 Å². The first-order chi connectivity index (χ1) is 20.1. The maximum atomic E-state index is 14.9. The second-order valence-corrected chi connectivity index (χ2v) is 12.5. The van der Waals surface area contributed by atoms with Crippen molar-refractivity contribution in [2.24, 2.45) is 0 Å². The summed E-state index contributed by atoms with van der Waals surface area (Å²) in [7, 11) is 0. The lowest BCUT2D eigenvalue weighted by Crippen LogP contribution is -2.58. The molecule has 2 aromatic carbocycles. The molecule has 2 fully saturated rings. The Labute approximate surface area is 245 Å². The van der Waals surface area contributed by atoms with E-state index < -0.39 is 23.9 Å². The second-order valence-electron chi connectivity index (χ2n) is 12.5. The number of hydrogen-bond donors (Lipinski definition) is 1. The Balaban J connectivity index is 1.16. The van der Waals surface area contributed by atoms with Crippen LogP contribution in [0.1, 0.15) is 38.8 Å². The molecule has 0 unspecified atom stereocenters. The third-order valence-electron chi connectivity index (χ3n) is 8.31. The lowest BCUT2D eigenvalue weighted by atomic mass is 10.0. The summed E-state index contributed by atoms with van der Waals surface area (Å²) < 4.78 is 26.6. The fourth-order valence-corrected chi connectivity index (χ4v) is 6.33. The summed E-state index contributed by atoms with van der Waals surface area (Å²) in [5.41, 5.74) is 3.72. The van der Waals surface area contributed by atoms with E-state index in [2.05, 4.69) is 39.2 Å². The van der Waals surface area contributed by atoms with Gasteiger partial charge < -0.3 is 24.6 Å². The average Bonchev–Trinajstić information content (AvgIpc) is 3.19. The van der Waals surface area contributed by atoms with Crippen molar-refractivity contribution >= 4 is 28.4 Å². The quantitative estimate of drug-likeness (QED) is 0.486. The Morgan fingerprint density at radius 3 is 2.76 bits per heavy atom. The fourth-order valence-electron chi connectivity index (χ4n) is 6.33. The maximum absolute atomic E-state index is 14.9. The van der Waals surface area contributed by atoms with Crippen LogP contribution in [0.15, 0.2) is 48.7 Å². The number of piperazine rings is 1. The van der Waals surface area contributed by atoms with Crippen LogP contribution in [0.4, 0.5) is 20.6 Å². The molecule has 3 aromatic rings. The Morgan fingerprint density at radius 1 is 1.14 bits per heavy atom. The minimum Gasteiger partial charge on any atom is -0.491 e. The van der Waals surface area contributed by atoms with Gasteiger partial charge in [-0.1, -0.05) is 6.07 Å². The number of rotatable bonds is 3. The number of alkyl halides is 1. The van der Waals surface area contributed by atoms with Gasteiger partial charge in [-0.3, -0.25) is 9.88 Å². The molecule has 4 atom stereocenters. The number of benzene rings is 2. The summed E-state index contributed by atoms with van der Waals surface area (Å²) in [5, 5.41) is 13.2. The van der Waals surface area contributed by atoms with E-state index in [1.165, 1.54) is 0 Å². The van der Waals surface area contributed by atoms with E-state index in [0.717, 1.165) is 53.2 Å². The van der Waals surface area contributed by atoms with E-state index in [9.17, 15) is 14.4 Å². The van der Waals surface area contributed by atoms with E-state index in [-0.39, 0.29) is 18.6 Å². The molecule has 0 bridgehead atoms. The molecule has 1 N–H and O–H groups in total. The average molecular weight is 573 g/mol. The number of carbonyl (C=O) groups excluding carboxylic acids is 1. The largest absolute Gasteiger partial charge is 0.491 e. The molecule has 3 aliphatic rings. The van der Waals surface area contributed by atoms with Crippen molar-refractivity contribution in [3.05, 3.63) is 59.8 Å². The van der Waals surface area contributed by atoms with Gasteiger partial charge in [0.2, 0.25) is 0 Å². The number of carbonyl (C=O) groups is 1. The monoisotopic (exact) mass is 572 g/mol. The summed E-state index contributed by atoms with van der Waals surface area (Å²) in [6, 6.07) is 16.0. The van der Waals surface area contributed by atoms with Crippen LogP contribution in [0.25, 0.3) is 10.9 Å². The summed E-state index contributed by atoms with van der Waals surface area (Å²) in [6.45, 7) is 11.1. The zero-order chi connectivity index (χ0) is 29.6. The molecule has 42 heavy (non-hydrogen) atoms. The standard InChI is InChI=1S/C32H37FN6O3/c1-20-14-38(28-10-8-21(13-34)30-25(28)6-5-11-35-30)16-24-19-41-29-12-23(9-7-22(29)15-39(20)24)37-17-26(33)27(18-37)36-31(40)42-32(2,3)4/h5-12,20,24,26-27H,14-19H2,1-4H3,(H,36,40)/t20-,24-,26-,27+/m0/s1. The molecule has 3 aliphatic heterocycles. The van der Waals surface area contributed by atoms with E-state index in [4.69, 9.17) is 9.47 Å². The van der Waals surface area contributed by atoms with Crippen molar-refractivity contribution in [1.82, 2.24) is 15.2 Å². The minimum absolute atomic E-state index is 0.163. The molecule has 220 valence electrons. The zero-order valence-corrected chi connectivity index (χ0v) is 24.5. The van der Waals surface area contributed by atoms with Crippen LogP contribution in [0.5, 0.6) is 5.75 Å². The number of nitrogens with zero attached hydrogens (tertiary/aromatic N) is 5. The SMILES string of the molecule is C[C@H]1CN(c2ccc(C#N)c3ncccc23)C[C@H]2COc3cc(N4C[C@H](F)[C@H](NC(=O)OC(C)(C)C)C4)ccc3CN21. The fraction of sp³-hybridized carbons (Fsp3) is 0.469. The Kier molecular flexibility index (Phi) is 7.31. The molecule has 0 aliphatic carbocycles. The van der Waals surface area contributed by atoms with Crippen molar-refractivity contribution in [3.63, 3.8) is 0 Å². The highest BCUT2D eigenvalue weighted by Crippen LogP contribution is 2.36. The first kappa shape index (κ1) is 28.0. The van der Waals surface area contributed by atoms with E-state index in [1.807, 2.05) is 41.3 Å². The molecule has 1 amide bonds. The minimum atomic E-state index is -1.20. The molecule has 2 saturated heterocycles. The number of hydrogen-bond acceptors (Lipinski definition) is 8. The van der Waals surface area contributed by atoms with Crippen LogP contribution in [-0.2, 0) is 11.3 Å². The summed E-state index contributed by atoms with van der Waals surface area (Å²) in [4.78, 5) is 23.5. The second kappa shape index (κ2) is 11.0. The molecule has 0 radical (unpaired) electrons. The molecular weight excluding hydrogens is 535 g/mol. The number of pyridine rings is 1. The number of anilines is 2. The van der Waals surface area contributed by atoms with Gasteiger partial charge in [0.05, 0.1) is 29.7 Å². The van der Waals surface area contributed by atoms with Gasteiger partial charge in [-0.2, -0.15) is 5.26 Å². The molecule has 6 rings (SSSR count). The Bertz CT molecular complexity index is 1530. The third-order valence-corrected chi connectivity index (χ3v) is 8.31. The van der Waals surface area contributed by atoms with Crippen molar-refractivity contribution in [2.75, 3.05) is 42.6 Å². The summed E-state index contributed by atoms with van der Waals surface area (Å²) in [6.07, 6.45) is -0.0787. The third kappa shape index (κ3) is 5.53. The molecule has 10 heteroatoms. The van der Waals surface area contributed by atoms with E-state index in [1.54, 1.807) is 27.0 Å². The first-order valence-electron chi connectivity index (χ1n) is 14.5. The first-order valence-corrected chi connectivity index (χ1v) is 14.5. The molecular formula is C32H37FN6O3. The van der Waals surface area contributed by atoms with Crippen molar-refractivity contribution in [2.45, 2.75) is 64.1 Å². The number of ether oxygens (including phenoxy) is 2. The zero-order valence-electron chi connectivity index (χ0n) is 24.5. The summed E-state index contributed by atoms with van der Waals surface area (Å²) >= 11 is 0. The molecule has 9 nitrogen and oxygen atoms in total. The van der Waals surface area contributed by atoms with Crippen LogP contribution in [-0.4, -0.2) is 78.7 Å². The highest BCUT2D eigenvalue weighted by atomic mass is 19.1. The maximum Gasteiger partial charge on any atom is 0.408 e. The van der Waals surface area contributed by atoms with Crippen LogP contribution >= 0.6 is 0 Å². The smallest absolute Gasteiger partial charge is 0.408 e. The number of fused-ring (bicyclic) bond motifs is 3. The van der Waals surface area contributed by atoms with Crippen LogP contribution in [0.2, 0.25) is 0 Å². The van der Waals surface area contributed by atoms with Gasteiger partial charge in [0.15, 0.2) is 0 Å². The van der Waals surface area contributed by atoms with Gasteiger partial charge in [0.1, 0.15) is 30.2 Å². The predicted octanol–water partition coefficient (Wildman–Crippen LogP) is 4.63. The number of nitrogens with one attached hydrogen (secondary N) is 1. The number of halogens is 1. The van der Waals surface area contributed by atoms with Gasteiger partial charge in [0.25, 0.3) is 0 Å². The highest BCUT2D eigenvalue weighted by Gasteiger charge is 2.38. The molecule has 0 saturated carbocycles. The van der Waals surface area contributed by atoms with Crippen LogP contribution in [0.3, 0.4) is 0 Å². The Morgan fingerprint density at radius 2 is 1.98 bits per heavy atom. The van der Waals surface area contributed by atoms with Crippen LogP contribution < -0.4 is 19.9 Å². The van der Waals surface area contributed by atoms with Crippen LogP contribution in [0, 0.1) is 11.3 Å². The molecule has 4 heterocycles. The predicted molar refractivity (Wildman–Crippen MR) is 160 cm³/mol. The van der Waals surface area contributed by atoms with Crippen molar-refractivity contribution in [1.29, 1.82) is 5.26 Å². The lowest BCUT2D eigenvalue weighted by molar-refractivity contribution is 0.0490. The number of nitriles is 1. The Hall–Kier alpha value is -4.10. The normalized spacial score (nSPS) is 24.3. The molecule has 0 spiro atoms. The van der Waals surface area contributed by atoms with Gasteiger partial charge in [-0.15, -0.1) is 0 Å². The summed E-state index contributed by atoms with van der Waals surface area (Å²) in [5.74, 6) is 0.813. The van der Waals surface area contributed by atoms with Gasteiger partial charge in [0, 0.05) is 66.8 Å². The van der Waals surface area contributed by atoms with E-state index in [0.29, 0.717) is 18.7 Å². The van der Waals surface area contributed by atoms with Gasteiger partial charge >= 0.3 is 6.09 Å². The van der Waals surface area contributed by atoms with Crippen molar-refractivity contribution < 1.29 is 18.7 Å². The van der Waals surface area contributed by atoms with Gasteiger partial charge in [-0.05, 0) is 58.0 Å². The molecule has 1 aromatic heterocycles. The number of alkyl carbamates (subject to hydrolysis) is 1. The van der Waals surface area contributed by atoms with E-state index >= 15 is 0 Å². The topological polar surface area (TPSA) is 94.0 Å². The highest BCUT2D eigenvalue weighted by molar-refractivity contribution is 5.95. The lowest BCUT2D eigenvalue weighted by Gasteiger charge is -2.45. The number of aromatic nitrogens is 1.